The number of amides is 1. The average molecular weight is 452 g/mol. The van der Waals surface area contributed by atoms with E-state index in [0.29, 0.717) is 0 Å². The van der Waals surface area contributed by atoms with Crippen molar-refractivity contribution in [2.75, 3.05) is 45.8 Å². The minimum Gasteiger partial charge on any atom is -0.497 e. The van der Waals surface area contributed by atoms with Crippen LogP contribution in [0.5, 0.6) is 11.5 Å². The Hall–Kier alpha value is -2.78. The first-order valence-corrected chi connectivity index (χ1v) is 10.3. The molecule has 32 heavy (non-hydrogen) atoms. The SMILES string of the molecule is COCCOc1ccc(C(F)(F)F)cc1NC(=O)CN1CCCC1c1cccc(OC)c1. The Bertz CT molecular complexity index is 920. The van der Waals surface area contributed by atoms with E-state index in [-0.39, 0.29) is 37.2 Å². The molecule has 0 aromatic heterocycles. The molecule has 1 atom stereocenters. The topological polar surface area (TPSA) is 60.0 Å². The lowest BCUT2D eigenvalue weighted by atomic mass is 10.0. The number of anilines is 1. The second-order valence-corrected chi connectivity index (χ2v) is 7.50. The largest absolute Gasteiger partial charge is 0.497 e. The van der Waals surface area contributed by atoms with Gasteiger partial charge in [0.05, 0.1) is 31.5 Å². The van der Waals surface area contributed by atoms with E-state index in [1.165, 1.54) is 13.2 Å². The maximum absolute atomic E-state index is 13.2. The van der Waals surface area contributed by atoms with Crippen molar-refractivity contribution < 1.29 is 32.2 Å². The van der Waals surface area contributed by atoms with Crippen LogP contribution in [0.2, 0.25) is 0 Å². The van der Waals surface area contributed by atoms with Crippen molar-refractivity contribution in [3.8, 4) is 11.5 Å². The number of carbonyl (C=O) groups is 1. The van der Waals surface area contributed by atoms with E-state index in [4.69, 9.17) is 14.2 Å². The zero-order valence-electron chi connectivity index (χ0n) is 18.1. The van der Waals surface area contributed by atoms with Gasteiger partial charge < -0.3 is 19.5 Å². The molecule has 174 valence electrons. The van der Waals surface area contributed by atoms with Crippen LogP contribution in [0.4, 0.5) is 18.9 Å². The molecule has 1 aliphatic rings. The lowest BCUT2D eigenvalue weighted by Crippen LogP contribution is -2.33. The fourth-order valence-electron chi connectivity index (χ4n) is 3.78. The molecule has 9 heteroatoms. The van der Waals surface area contributed by atoms with Crippen LogP contribution in [-0.2, 0) is 15.7 Å². The quantitative estimate of drug-likeness (QED) is 0.567. The van der Waals surface area contributed by atoms with Gasteiger partial charge in [-0.25, -0.2) is 0 Å². The Morgan fingerprint density at radius 1 is 1.16 bits per heavy atom. The summed E-state index contributed by atoms with van der Waals surface area (Å²) >= 11 is 0. The van der Waals surface area contributed by atoms with Gasteiger partial charge >= 0.3 is 6.18 Å². The van der Waals surface area contributed by atoms with E-state index in [2.05, 4.69) is 5.32 Å². The zero-order chi connectivity index (χ0) is 23.1. The molecule has 1 unspecified atom stereocenters. The van der Waals surface area contributed by atoms with Crippen LogP contribution in [0, 0.1) is 0 Å². The number of hydrogen-bond donors (Lipinski definition) is 1. The molecule has 1 saturated heterocycles. The monoisotopic (exact) mass is 452 g/mol. The predicted molar refractivity (Wildman–Crippen MR) is 114 cm³/mol. The van der Waals surface area contributed by atoms with E-state index in [0.717, 1.165) is 42.8 Å². The Morgan fingerprint density at radius 2 is 1.97 bits per heavy atom. The molecule has 0 saturated carbocycles. The molecule has 1 aliphatic heterocycles. The molecule has 0 spiro atoms. The highest BCUT2D eigenvalue weighted by molar-refractivity contribution is 5.93. The van der Waals surface area contributed by atoms with Crippen molar-refractivity contribution in [3.63, 3.8) is 0 Å². The minimum absolute atomic E-state index is 0.0157. The number of hydrogen-bond acceptors (Lipinski definition) is 5. The predicted octanol–water partition coefficient (Wildman–Crippen LogP) is 4.51. The van der Waals surface area contributed by atoms with Crippen LogP contribution in [-0.4, -0.2) is 51.3 Å². The first-order valence-electron chi connectivity index (χ1n) is 10.3. The third kappa shape index (κ3) is 6.14. The number of nitrogens with one attached hydrogen (secondary N) is 1. The van der Waals surface area contributed by atoms with E-state index in [9.17, 15) is 18.0 Å². The van der Waals surface area contributed by atoms with Gasteiger partial charge in [0.1, 0.15) is 18.1 Å². The van der Waals surface area contributed by atoms with Gasteiger partial charge in [0.25, 0.3) is 0 Å². The van der Waals surface area contributed by atoms with Crippen molar-refractivity contribution in [3.05, 3.63) is 53.6 Å². The normalized spacial score (nSPS) is 16.7. The summed E-state index contributed by atoms with van der Waals surface area (Å²) in [4.78, 5) is 14.8. The van der Waals surface area contributed by atoms with Crippen LogP contribution in [0.25, 0.3) is 0 Å². The van der Waals surface area contributed by atoms with Crippen LogP contribution in [0.1, 0.15) is 30.0 Å². The summed E-state index contributed by atoms with van der Waals surface area (Å²) in [6, 6.07) is 10.7. The van der Waals surface area contributed by atoms with Gasteiger partial charge in [-0.2, -0.15) is 13.2 Å². The Labute approximate surface area is 185 Å². The summed E-state index contributed by atoms with van der Waals surface area (Å²) in [5.74, 6) is 0.491. The average Bonchev–Trinajstić information content (AvgIpc) is 3.22. The summed E-state index contributed by atoms with van der Waals surface area (Å²) in [6.45, 7) is 1.18. The molecule has 1 N–H and O–H groups in total. The lowest BCUT2D eigenvalue weighted by Gasteiger charge is -2.25. The van der Waals surface area contributed by atoms with Crippen molar-refractivity contribution in [1.29, 1.82) is 0 Å². The van der Waals surface area contributed by atoms with Crippen molar-refractivity contribution in [1.82, 2.24) is 4.90 Å². The second kappa shape index (κ2) is 10.7. The van der Waals surface area contributed by atoms with Crippen molar-refractivity contribution in [2.24, 2.45) is 0 Å². The van der Waals surface area contributed by atoms with Crippen LogP contribution in [0.15, 0.2) is 42.5 Å². The van der Waals surface area contributed by atoms with Crippen LogP contribution < -0.4 is 14.8 Å². The molecule has 0 radical (unpaired) electrons. The van der Waals surface area contributed by atoms with Crippen LogP contribution >= 0.6 is 0 Å². The summed E-state index contributed by atoms with van der Waals surface area (Å²) in [5.41, 5.74) is 0.165. The highest BCUT2D eigenvalue weighted by atomic mass is 19.4. The molecule has 1 heterocycles. The maximum atomic E-state index is 13.2. The van der Waals surface area contributed by atoms with Gasteiger partial charge in [0, 0.05) is 13.2 Å². The number of nitrogens with zero attached hydrogens (tertiary/aromatic N) is 1. The molecular formula is C23H27F3N2O4. The fourth-order valence-corrected chi connectivity index (χ4v) is 3.78. The Morgan fingerprint density at radius 3 is 2.69 bits per heavy atom. The highest BCUT2D eigenvalue weighted by Crippen LogP contribution is 2.36. The minimum atomic E-state index is -4.53. The summed E-state index contributed by atoms with van der Waals surface area (Å²) in [7, 11) is 3.09. The van der Waals surface area contributed by atoms with Gasteiger partial charge in [0.15, 0.2) is 0 Å². The van der Waals surface area contributed by atoms with Gasteiger partial charge in [0.2, 0.25) is 5.91 Å². The molecule has 6 nitrogen and oxygen atoms in total. The molecule has 0 aliphatic carbocycles. The number of ether oxygens (including phenoxy) is 3. The Balaban J connectivity index is 1.73. The van der Waals surface area contributed by atoms with Gasteiger partial charge in [-0.05, 0) is 55.3 Å². The van der Waals surface area contributed by atoms with E-state index in [1.807, 2.05) is 29.2 Å². The van der Waals surface area contributed by atoms with Gasteiger partial charge in [-0.1, -0.05) is 12.1 Å². The molecule has 1 amide bonds. The number of alkyl halides is 3. The first kappa shape index (κ1) is 23.9. The van der Waals surface area contributed by atoms with Crippen molar-refractivity contribution in [2.45, 2.75) is 25.1 Å². The van der Waals surface area contributed by atoms with Gasteiger partial charge in [-0.15, -0.1) is 0 Å². The number of rotatable bonds is 9. The fraction of sp³-hybridized carbons (Fsp3) is 0.435. The smallest absolute Gasteiger partial charge is 0.416 e. The van der Waals surface area contributed by atoms with E-state index < -0.39 is 17.6 Å². The number of halogens is 3. The number of carbonyl (C=O) groups excluding carboxylic acids is 1. The lowest BCUT2D eigenvalue weighted by molar-refractivity contribution is -0.137. The second-order valence-electron chi connectivity index (χ2n) is 7.50. The standard InChI is InChI=1S/C23H27F3N2O4/c1-30-11-12-32-21-9-8-17(23(24,25)26)14-19(21)27-22(29)15-28-10-4-7-20(28)16-5-3-6-18(13-16)31-2/h3,5-6,8-9,13-14,20H,4,7,10-12,15H2,1-2H3,(H,27,29). The molecule has 2 aromatic rings. The van der Waals surface area contributed by atoms with E-state index >= 15 is 0 Å². The summed E-state index contributed by atoms with van der Waals surface area (Å²) in [5, 5.41) is 2.60. The Kier molecular flexibility index (Phi) is 7.98. The molecule has 3 rings (SSSR count). The van der Waals surface area contributed by atoms with Crippen molar-refractivity contribution >= 4 is 11.6 Å². The molecule has 0 bridgehead atoms. The summed E-state index contributed by atoms with van der Waals surface area (Å²) in [6.07, 6.45) is -2.73. The summed E-state index contributed by atoms with van der Waals surface area (Å²) < 4.78 is 55.2. The third-order valence-corrected chi connectivity index (χ3v) is 5.31. The van der Waals surface area contributed by atoms with E-state index in [1.54, 1.807) is 7.11 Å². The molecular weight excluding hydrogens is 425 g/mol. The number of methoxy groups -OCH3 is 2. The first-order chi connectivity index (χ1) is 15.3. The van der Waals surface area contributed by atoms with Gasteiger partial charge in [-0.3, -0.25) is 9.69 Å². The third-order valence-electron chi connectivity index (χ3n) is 5.31. The maximum Gasteiger partial charge on any atom is 0.416 e. The number of likely N-dealkylation sites (tertiary alicyclic amines) is 1. The zero-order valence-corrected chi connectivity index (χ0v) is 18.1. The molecule has 2 aromatic carbocycles. The van der Waals surface area contributed by atoms with Crippen LogP contribution in [0.3, 0.4) is 0 Å². The molecule has 1 fully saturated rings. The number of benzene rings is 2. The highest BCUT2D eigenvalue weighted by Gasteiger charge is 2.32.